The van der Waals surface area contributed by atoms with E-state index in [0.29, 0.717) is 11.4 Å². The van der Waals surface area contributed by atoms with Gasteiger partial charge in [-0.05, 0) is 45.9 Å². The molecule has 0 spiro atoms. The fourth-order valence-electron chi connectivity index (χ4n) is 2.25. The summed E-state index contributed by atoms with van der Waals surface area (Å²) in [5.74, 6) is -0.506. The second-order valence-corrected chi connectivity index (χ2v) is 5.63. The van der Waals surface area contributed by atoms with Crippen molar-refractivity contribution in [1.29, 1.82) is 0 Å². The highest BCUT2D eigenvalue weighted by molar-refractivity contribution is 5.95. The number of rotatable bonds is 5. The molecule has 0 aliphatic carbocycles. The molecule has 0 saturated carbocycles. The minimum atomic E-state index is -0.345. The van der Waals surface area contributed by atoms with Gasteiger partial charge >= 0.3 is 0 Å². The van der Waals surface area contributed by atoms with Crippen molar-refractivity contribution in [1.82, 2.24) is 10.2 Å². The zero-order valence-corrected chi connectivity index (χ0v) is 13.2. The molecule has 1 aromatic carbocycles. The van der Waals surface area contributed by atoms with Crippen LogP contribution in [0.25, 0.3) is 0 Å². The molecule has 0 aliphatic rings. The number of nitrogens with zero attached hydrogens (tertiary/aromatic N) is 1. The van der Waals surface area contributed by atoms with E-state index in [9.17, 15) is 9.18 Å². The second-order valence-electron chi connectivity index (χ2n) is 5.63. The van der Waals surface area contributed by atoms with Gasteiger partial charge in [0.05, 0.1) is 23.5 Å². The molecule has 118 valence electrons. The Morgan fingerprint density at radius 1 is 1.32 bits per heavy atom. The van der Waals surface area contributed by atoms with Crippen LogP contribution in [-0.4, -0.2) is 22.1 Å². The SMILES string of the molecule is Cc1n[nH]c(C)c1CC(=O)Nc1ccc(F)cc1NC(C)C. The molecule has 1 aromatic heterocycles. The normalized spacial score (nSPS) is 10.8. The van der Waals surface area contributed by atoms with Crippen LogP contribution in [0.1, 0.15) is 30.8 Å². The van der Waals surface area contributed by atoms with Crippen LogP contribution in [0.3, 0.4) is 0 Å². The van der Waals surface area contributed by atoms with E-state index in [2.05, 4.69) is 20.8 Å². The average molecular weight is 304 g/mol. The monoisotopic (exact) mass is 304 g/mol. The topological polar surface area (TPSA) is 69.8 Å². The maximum Gasteiger partial charge on any atom is 0.228 e. The summed E-state index contributed by atoms with van der Waals surface area (Å²) in [6.07, 6.45) is 0.229. The summed E-state index contributed by atoms with van der Waals surface area (Å²) in [4.78, 5) is 12.2. The molecule has 0 fully saturated rings. The third-order valence-corrected chi connectivity index (χ3v) is 3.32. The number of amides is 1. The van der Waals surface area contributed by atoms with Gasteiger partial charge < -0.3 is 10.6 Å². The number of carbonyl (C=O) groups excluding carboxylic acids is 1. The van der Waals surface area contributed by atoms with Crippen LogP contribution in [0.4, 0.5) is 15.8 Å². The number of H-pyrrole nitrogens is 1. The molecule has 22 heavy (non-hydrogen) atoms. The van der Waals surface area contributed by atoms with Gasteiger partial charge in [-0.15, -0.1) is 0 Å². The number of carbonyl (C=O) groups is 1. The van der Waals surface area contributed by atoms with E-state index in [1.807, 2.05) is 27.7 Å². The van der Waals surface area contributed by atoms with Crippen molar-refractivity contribution >= 4 is 17.3 Å². The molecule has 3 N–H and O–H groups in total. The molecule has 0 unspecified atom stereocenters. The van der Waals surface area contributed by atoms with Crippen molar-refractivity contribution in [3.05, 3.63) is 41.0 Å². The molecule has 2 rings (SSSR count). The fourth-order valence-corrected chi connectivity index (χ4v) is 2.25. The fraction of sp³-hybridized carbons (Fsp3) is 0.375. The summed E-state index contributed by atoms with van der Waals surface area (Å²) in [5, 5.41) is 12.9. The Bertz CT molecular complexity index is 659. The molecule has 0 aliphatic heterocycles. The van der Waals surface area contributed by atoms with Gasteiger partial charge in [0.15, 0.2) is 0 Å². The molecule has 0 saturated heterocycles. The molecule has 6 heteroatoms. The lowest BCUT2D eigenvalue weighted by Gasteiger charge is -2.15. The molecule has 0 atom stereocenters. The standard InChI is InChI=1S/C16H21FN4O/c1-9(2)18-15-7-12(17)5-6-14(15)19-16(22)8-13-10(3)20-21-11(13)4/h5-7,9,18H,8H2,1-4H3,(H,19,22)(H,20,21). The van der Waals surface area contributed by atoms with Crippen LogP contribution in [-0.2, 0) is 11.2 Å². The van der Waals surface area contributed by atoms with Crippen molar-refractivity contribution in [2.45, 2.75) is 40.2 Å². The first-order chi connectivity index (χ1) is 10.4. The lowest BCUT2D eigenvalue weighted by Crippen LogP contribution is -2.18. The number of hydrogen-bond donors (Lipinski definition) is 3. The molecule has 0 radical (unpaired) electrons. The van der Waals surface area contributed by atoms with Crippen LogP contribution >= 0.6 is 0 Å². The van der Waals surface area contributed by atoms with Gasteiger partial charge in [-0.1, -0.05) is 0 Å². The van der Waals surface area contributed by atoms with Crippen LogP contribution in [0.5, 0.6) is 0 Å². The van der Waals surface area contributed by atoms with E-state index in [-0.39, 0.29) is 24.2 Å². The van der Waals surface area contributed by atoms with Crippen LogP contribution in [0.15, 0.2) is 18.2 Å². The predicted octanol–water partition coefficient (Wildman–Crippen LogP) is 3.17. The minimum Gasteiger partial charge on any atom is -0.381 e. The van der Waals surface area contributed by atoms with Crippen LogP contribution in [0, 0.1) is 19.7 Å². The third kappa shape index (κ3) is 3.84. The first-order valence-corrected chi connectivity index (χ1v) is 7.23. The molecule has 1 heterocycles. The van der Waals surface area contributed by atoms with Gasteiger partial charge in [0.25, 0.3) is 0 Å². The molecule has 0 bridgehead atoms. The lowest BCUT2D eigenvalue weighted by atomic mass is 10.1. The molecule has 1 amide bonds. The number of anilines is 2. The summed E-state index contributed by atoms with van der Waals surface area (Å²) in [5.41, 5.74) is 3.72. The van der Waals surface area contributed by atoms with E-state index in [4.69, 9.17) is 0 Å². The first kappa shape index (κ1) is 16.0. The summed E-state index contributed by atoms with van der Waals surface area (Å²) < 4.78 is 13.4. The second kappa shape index (κ2) is 6.60. The van der Waals surface area contributed by atoms with Crippen molar-refractivity contribution in [3.63, 3.8) is 0 Å². The van der Waals surface area contributed by atoms with Gasteiger partial charge in [-0.3, -0.25) is 9.89 Å². The van der Waals surface area contributed by atoms with Gasteiger partial charge in [0.2, 0.25) is 5.91 Å². The van der Waals surface area contributed by atoms with Gasteiger partial charge in [0.1, 0.15) is 5.82 Å². The first-order valence-electron chi connectivity index (χ1n) is 7.23. The predicted molar refractivity (Wildman–Crippen MR) is 85.6 cm³/mol. The maximum absolute atomic E-state index is 13.4. The molecular weight excluding hydrogens is 283 g/mol. The number of aryl methyl sites for hydroxylation is 2. The number of nitrogens with one attached hydrogen (secondary N) is 3. The van der Waals surface area contributed by atoms with E-state index in [1.54, 1.807) is 6.07 Å². The summed E-state index contributed by atoms with van der Waals surface area (Å²) in [7, 11) is 0. The average Bonchev–Trinajstić information content (AvgIpc) is 2.73. The van der Waals surface area contributed by atoms with Crippen molar-refractivity contribution in [2.75, 3.05) is 10.6 Å². The Balaban J connectivity index is 2.14. The van der Waals surface area contributed by atoms with E-state index in [1.165, 1.54) is 12.1 Å². The Morgan fingerprint density at radius 2 is 2.05 bits per heavy atom. The highest BCUT2D eigenvalue weighted by Gasteiger charge is 2.13. The smallest absolute Gasteiger partial charge is 0.228 e. The number of aromatic amines is 1. The lowest BCUT2D eigenvalue weighted by molar-refractivity contribution is -0.115. The summed E-state index contributed by atoms with van der Waals surface area (Å²) >= 11 is 0. The minimum absolute atomic E-state index is 0.135. The van der Waals surface area contributed by atoms with E-state index < -0.39 is 0 Å². The Kier molecular flexibility index (Phi) is 4.80. The quantitative estimate of drug-likeness (QED) is 0.794. The Labute approximate surface area is 129 Å². The summed E-state index contributed by atoms with van der Waals surface area (Å²) in [6, 6.07) is 4.41. The zero-order chi connectivity index (χ0) is 16.3. The van der Waals surface area contributed by atoms with E-state index >= 15 is 0 Å². The largest absolute Gasteiger partial charge is 0.381 e. The van der Waals surface area contributed by atoms with Crippen molar-refractivity contribution < 1.29 is 9.18 Å². The van der Waals surface area contributed by atoms with Crippen molar-refractivity contribution in [2.24, 2.45) is 0 Å². The number of benzene rings is 1. The van der Waals surface area contributed by atoms with Crippen LogP contribution in [0.2, 0.25) is 0 Å². The third-order valence-electron chi connectivity index (χ3n) is 3.32. The zero-order valence-electron chi connectivity index (χ0n) is 13.2. The number of halogens is 1. The number of hydrogen-bond acceptors (Lipinski definition) is 3. The van der Waals surface area contributed by atoms with Gasteiger partial charge in [0, 0.05) is 17.3 Å². The van der Waals surface area contributed by atoms with Gasteiger partial charge in [-0.2, -0.15) is 5.10 Å². The summed E-state index contributed by atoms with van der Waals surface area (Å²) in [6.45, 7) is 7.64. The van der Waals surface area contributed by atoms with Crippen molar-refractivity contribution in [3.8, 4) is 0 Å². The maximum atomic E-state index is 13.4. The van der Waals surface area contributed by atoms with Gasteiger partial charge in [-0.25, -0.2) is 4.39 Å². The molecular formula is C16H21FN4O. The Hall–Kier alpha value is -2.37. The highest BCUT2D eigenvalue weighted by atomic mass is 19.1. The van der Waals surface area contributed by atoms with E-state index in [0.717, 1.165) is 17.0 Å². The molecule has 2 aromatic rings. The molecule has 5 nitrogen and oxygen atoms in total. The highest BCUT2D eigenvalue weighted by Crippen LogP contribution is 2.24. The van der Waals surface area contributed by atoms with Crippen LogP contribution < -0.4 is 10.6 Å². The Morgan fingerprint density at radius 3 is 2.64 bits per heavy atom. The number of aromatic nitrogens is 2.